The number of hydrogen-bond donors (Lipinski definition) is 3. The van der Waals surface area contributed by atoms with E-state index in [0.717, 1.165) is 25.7 Å². The zero-order chi connectivity index (χ0) is 38.5. The van der Waals surface area contributed by atoms with E-state index in [0.29, 0.717) is 37.4 Å². The topological polar surface area (TPSA) is 167 Å². The van der Waals surface area contributed by atoms with Crippen molar-refractivity contribution >= 4 is 41.1 Å². The minimum Gasteiger partial charge on any atom is -0.461 e. The van der Waals surface area contributed by atoms with Crippen LogP contribution in [0.2, 0.25) is 0 Å². The summed E-state index contributed by atoms with van der Waals surface area (Å²) in [6, 6.07) is -1.27. The number of thiazole rings is 1. The van der Waals surface area contributed by atoms with E-state index in [2.05, 4.69) is 22.5 Å². The average molecular weight is 738 g/mol. The van der Waals surface area contributed by atoms with Crippen molar-refractivity contribution in [1.29, 1.82) is 0 Å². The summed E-state index contributed by atoms with van der Waals surface area (Å²) in [7, 11) is 0. The number of unbranched alkanes of at least 4 members (excludes halogenated alkanes) is 3. The molecule has 13 nitrogen and oxygen atoms in total. The van der Waals surface area contributed by atoms with Crippen LogP contribution in [0.5, 0.6) is 0 Å². The van der Waals surface area contributed by atoms with Crippen molar-refractivity contribution in [3.63, 3.8) is 0 Å². The predicted molar refractivity (Wildman–Crippen MR) is 197 cm³/mol. The number of nitrogens with one attached hydrogen (secondary N) is 2. The van der Waals surface area contributed by atoms with Crippen molar-refractivity contribution in [3.05, 3.63) is 16.1 Å². The van der Waals surface area contributed by atoms with Crippen LogP contribution in [0.25, 0.3) is 0 Å². The number of aliphatic hydroxyl groups is 1. The summed E-state index contributed by atoms with van der Waals surface area (Å²) < 4.78 is 10.3. The van der Waals surface area contributed by atoms with Gasteiger partial charge in [0.1, 0.15) is 34.8 Å². The number of carbonyl (C=O) groups excluding carboxylic acids is 5. The maximum atomic E-state index is 14.7. The van der Waals surface area contributed by atoms with Gasteiger partial charge in [0.05, 0.1) is 6.61 Å². The van der Waals surface area contributed by atoms with Crippen molar-refractivity contribution in [2.75, 3.05) is 26.2 Å². The van der Waals surface area contributed by atoms with Crippen LogP contribution in [-0.4, -0.2) is 99.1 Å². The zero-order valence-corrected chi connectivity index (χ0v) is 33.3. The largest absolute Gasteiger partial charge is 0.461 e. The van der Waals surface area contributed by atoms with Crippen LogP contribution in [0, 0.1) is 11.8 Å². The summed E-state index contributed by atoms with van der Waals surface area (Å²) in [5.74, 6) is -1.91. The van der Waals surface area contributed by atoms with Crippen molar-refractivity contribution < 1.29 is 38.6 Å². The Morgan fingerprint density at radius 2 is 1.78 bits per heavy atom. The molecule has 4 amide bonds. The van der Waals surface area contributed by atoms with E-state index in [-0.39, 0.29) is 43.0 Å². The number of hydrogen-bond acceptors (Lipinski definition) is 10. The molecule has 0 aromatic carbocycles. The van der Waals surface area contributed by atoms with Crippen molar-refractivity contribution in [1.82, 2.24) is 25.4 Å². The summed E-state index contributed by atoms with van der Waals surface area (Å²) in [6.07, 6.45) is 3.79. The number of amides is 4. The molecule has 0 aliphatic carbocycles. The standard InChI is InChI=1S/C37H63N5O8S/c1-11-14-15-16-19-41(27(24(4)5)21-28(43)31-39-26(23-51-31)33(46)49-13-3)32(45)30(25(6)12-2)40-34(47)37(10)18-17-20-42(37)29(44)22-38-35(48)50-36(7,8)9/h23-25,27-28,30,43H,11-22H2,1-10H3,(H,38,48)(H,40,47)/t25-,27+,28+,30-,37+/m0/s1. The van der Waals surface area contributed by atoms with Gasteiger partial charge in [0, 0.05) is 30.9 Å². The highest BCUT2D eigenvalue weighted by Gasteiger charge is 2.47. The molecule has 1 aromatic rings. The Hall–Kier alpha value is -3.26. The number of rotatable bonds is 19. The number of esters is 1. The summed E-state index contributed by atoms with van der Waals surface area (Å²) in [5.41, 5.74) is -1.81. The van der Waals surface area contributed by atoms with E-state index in [1.165, 1.54) is 16.2 Å². The van der Waals surface area contributed by atoms with Crippen LogP contribution < -0.4 is 10.6 Å². The number of nitrogens with zero attached hydrogens (tertiary/aromatic N) is 3. The molecule has 1 aliphatic rings. The molecule has 1 aromatic heterocycles. The first kappa shape index (κ1) is 43.9. The van der Waals surface area contributed by atoms with Crippen molar-refractivity contribution in [2.45, 2.75) is 150 Å². The van der Waals surface area contributed by atoms with Crippen LogP contribution in [0.3, 0.4) is 0 Å². The normalized spacial score (nSPS) is 18.5. The van der Waals surface area contributed by atoms with Gasteiger partial charge in [0.25, 0.3) is 0 Å². The van der Waals surface area contributed by atoms with E-state index >= 15 is 0 Å². The minimum atomic E-state index is -1.22. The van der Waals surface area contributed by atoms with E-state index in [1.807, 2.05) is 32.6 Å². The van der Waals surface area contributed by atoms with E-state index < -0.39 is 53.2 Å². The second-order valence-electron chi connectivity index (χ2n) is 15.1. The molecule has 5 atom stereocenters. The highest BCUT2D eigenvalue weighted by molar-refractivity contribution is 7.09. The molecule has 51 heavy (non-hydrogen) atoms. The number of alkyl carbamates (subject to hydrolysis) is 1. The molecule has 0 bridgehead atoms. The molecule has 0 unspecified atom stereocenters. The van der Waals surface area contributed by atoms with Gasteiger partial charge < -0.3 is 35.0 Å². The third-order valence-corrected chi connectivity index (χ3v) is 10.4. The lowest BCUT2D eigenvalue weighted by Crippen LogP contribution is -2.62. The number of aromatic nitrogens is 1. The monoisotopic (exact) mass is 737 g/mol. The number of likely N-dealkylation sites (tertiary alicyclic amines) is 1. The van der Waals surface area contributed by atoms with Crippen LogP contribution >= 0.6 is 11.3 Å². The highest BCUT2D eigenvalue weighted by atomic mass is 32.1. The minimum absolute atomic E-state index is 0.0505. The Kier molecular flexibility index (Phi) is 17.3. The molecule has 14 heteroatoms. The van der Waals surface area contributed by atoms with Crippen LogP contribution in [-0.2, 0) is 23.9 Å². The molecule has 1 saturated heterocycles. The first-order chi connectivity index (χ1) is 23.9. The Morgan fingerprint density at radius 1 is 1.10 bits per heavy atom. The summed E-state index contributed by atoms with van der Waals surface area (Å²) in [6.45, 7) is 19.3. The van der Waals surface area contributed by atoms with E-state index in [1.54, 1.807) is 40.0 Å². The summed E-state index contributed by atoms with van der Waals surface area (Å²) in [5, 5.41) is 18.8. The molecule has 290 valence electrons. The van der Waals surface area contributed by atoms with Gasteiger partial charge in [-0.1, -0.05) is 60.3 Å². The third-order valence-electron chi connectivity index (χ3n) is 9.44. The fraction of sp³-hybridized carbons (Fsp3) is 0.784. The summed E-state index contributed by atoms with van der Waals surface area (Å²) >= 11 is 1.17. The fourth-order valence-corrected chi connectivity index (χ4v) is 7.08. The first-order valence-corrected chi connectivity index (χ1v) is 19.5. The van der Waals surface area contributed by atoms with Gasteiger partial charge in [0.2, 0.25) is 17.7 Å². The van der Waals surface area contributed by atoms with Crippen LogP contribution in [0.1, 0.15) is 142 Å². The molecule has 2 heterocycles. The van der Waals surface area contributed by atoms with Crippen LogP contribution in [0.15, 0.2) is 5.38 Å². The molecule has 1 fully saturated rings. The second kappa shape index (κ2) is 20.1. The Morgan fingerprint density at radius 3 is 2.37 bits per heavy atom. The van der Waals surface area contributed by atoms with Gasteiger partial charge in [-0.15, -0.1) is 11.3 Å². The fourth-order valence-electron chi connectivity index (χ4n) is 6.29. The molecule has 3 N–H and O–H groups in total. The van der Waals surface area contributed by atoms with Crippen molar-refractivity contribution in [3.8, 4) is 0 Å². The molecule has 1 aliphatic heterocycles. The molecule has 0 saturated carbocycles. The molecule has 2 rings (SSSR count). The van der Waals surface area contributed by atoms with Gasteiger partial charge in [-0.25, -0.2) is 14.6 Å². The molecular weight excluding hydrogens is 675 g/mol. The Balaban J connectivity index is 2.35. The van der Waals surface area contributed by atoms with Gasteiger partial charge in [-0.05, 0) is 65.7 Å². The Bertz CT molecular complexity index is 1310. The Labute approximate surface area is 308 Å². The first-order valence-electron chi connectivity index (χ1n) is 18.6. The lowest BCUT2D eigenvalue weighted by Gasteiger charge is -2.40. The summed E-state index contributed by atoms with van der Waals surface area (Å²) in [4.78, 5) is 74.3. The lowest BCUT2D eigenvalue weighted by atomic mass is 9.91. The maximum Gasteiger partial charge on any atom is 0.408 e. The highest BCUT2D eigenvalue weighted by Crippen LogP contribution is 2.32. The van der Waals surface area contributed by atoms with E-state index in [9.17, 15) is 29.1 Å². The van der Waals surface area contributed by atoms with Crippen LogP contribution in [0.4, 0.5) is 4.79 Å². The maximum absolute atomic E-state index is 14.7. The predicted octanol–water partition coefficient (Wildman–Crippen LogP) is 5.61. The smallest absolute Gasteiger partial charge is 0.408 e. The second-order valence-corrected chi connectivity index (χ2v) is 16.0. The van der Waals surface area contributed by atoms with Gasteiger partial charge >= 0.3 is 12.1 Å². The van der Waals surface area contributed by atoms with Gasteiger partial charge in [0.15, 0.2) is 5.69 Å². The zero-order valence-electron chi connectivity index (χ0n) is 32.5. The van der Waals surface area contributed by atoms with Crippen molar-refractivity contribution in [2.24, 2.45) is 11.8 Å². The lowest BCUT2D eigenvalue weighted by molar-refractivity contribution is -0.147. The quantitative estimate of drug-likeness (QED) is 0.121. The number of aliphatic hydroxyl groups excluding tert-OH is 1. The third kappa shape index (κ3) is 12.7. The van der Waals surface area contributed by atoms with E-state index in [4.69, 9.17) is 9.47 Å². The van der Waals surface area contributed by atoms with Gasteiger partial charge in [-0.2, -0.15) is 0 Å². The number of ether oxygens (including phenoxy) is 2. The molecular formula is C37H63N5O8S. The number of carbonyl (C=O) groups is 5. The SMILES string of the molecule is CCCCCCN(C(=O)[C@@H](NC(=O)[C@@]1(C)CCCN1C(=O)CNC(=O)OC(C)(C)C)[C@@H](C)CC)[C@H](C[C@@H](O)c1nc(C(=O)OCC)cs1)C(C)C. The molecule has 0 radical (unpaired) electrons. The van der Waals surface area contributed by atoms with Gasteiger partial charge in [-0.3, -0.25) is 14.4 Å². The molecule has 0 spiro atoms. The average Bonchev–Trinajstić information content (AvgIpc) is 3.72.